The zero-order valence-corrected chi connectivity index (χ0v) is 30.9. The standard InChI is InChI=1S/C38H50O14/c1-9-17(2)28(40)51-23-13-22(49-18(3)39)32(4)15-47-25-26(32)35(23)16-48-37(45-8,30(41)44-7)29(35)34(6)27(25)52-33(5)14-19-20-12-21(24(19)38(33,34)43)50-31-36(20,42)10-11-46-31/h9-11,19-27,29,31,42-43H,12-16H2,1-8H3/b17-9+/t19?,20-,21+,22-,23+,24?,25-,26+,27?,29+,31+,32-,33-,34-,35+,36+,37+,38-/m1/s1. The topological polar surface area (TPSA) is 175 Å². The van der Waals surface area contributed by atoms with E-state index in [1.165, 1.54) is 27.4 Å². The molecular formula is C38H50O14. The van der Waals surface area contributed by atoms with Gasteiger partial charge >= 0.3 is 17.9 Å². The lowest BCUT2D eigenvalue weighted by molar-refractivity contribution is -0.306. The first-order chi connectivity index (χ1) is 24.5. The second-order valence-electron chi connectivity index (χ2n) is 17.5. The van der Waals surface area contributed by atoms with Gasteiger partial charge in [-0.25, -0.2) is 9.59 Å². The van der Waals surface area contributed by atoms with Gasteiger partial charge in [0.2, 0.25) is 6.29 Å². The van der Waals surface area contributed by atoms with E-state index in [0.29, 0.717) is 18.4 Å². The maximum absolute atomic E-state index is 14.3. The third-order valence-electron chi connectivity index (χ3n) is 15.8. The molecule has 14 heteroatoms. The maximum Gasteiger partial charge on any atom is 0.366 e. The number of ether oxygens (including phenoxy) is 9. The Morgan fingerprint density at radius 2 is 1.75 bits per heavy atom. The zero-order valence-electron chi connectivity index (χ0n) is 30.9. The summed E-state index contributed by atoms with van der Waals surface area (Å²) in [6.45, 7) is 10.6. The van der Waals surface area contributed by atoms with Gasteiger partial charge in [0, 0.05) is 65.9 Å². The van der Waals surface area contributed by atoms with E-state index in [9.17, 15) is 24.6 Å². The van der Waals surface area contributed by atoms with Crippen molar-refractivity contribution in [1.82, 2.24) is 0 Å². The van der Waals surface area contributed by atoms with Gasteiger partial charge in [-0.2, -0.15) is 0 Å². The SMILES string of the molecule is C/C=C(\C)C(=O)O[C@H]1C[C@@H](OC(C)=O)[C@@]2(C)CO[C@H]3C4O[C@]5(C)CC6C([C@@H]7C[C@H]6[C@@]6(O)C=CO[C@H]6O7)[C@]5(O)[C@@]4(C)[C@@H]4[C@@](OC)(C(=O)OC)OC[C@@]14[C@@H]32. The Morgan fingerprint density at radius 1 is 1.00 bits per heavy atom. The summed E-state index contributed by atoms with van der Waals surface area (Å²) in [7, 11) is 2.63. The van der Waals surface area contributed by atoms with Crippen molar-refractivity contribution < 1.29 is 67.2 Å². The van der Waals surface area contributed by atoms with Crippen LogP contribution in [0.25, 0.3) is 0 Å². The average molecular weight is 731 g/mol. The van der Waals surface area contributed by atoms with E-state index < -0.39 is 111 Å². The second kappa shape index (κ2) is 10.6. The molecule has 286 valence electrons. The summed E-state index contributed by atoms with van der Waals surface area (Å²) < 4.78 is 57.2. The van der Waals surface area contributed by atoms with Crippen LogP contribution in [0.1, 0.15) is 60.8 Å². The van der Waals surface area contributed by atoms with Crippen LogP contribution in [0.4, 0.5) is 0 Å². The molecule has 0 amide bonds. The van der Waals surface area contributed by atoms with Gasteiger partial charge in [0.15, 0.2) is 5.60 Å². The van der Waals surface area contributed by atoms with Crippen molar-refractivity contribution >= 4 is 17.9 Å². The number of carbonyl (C=O) groups is 3. The molecule has 52 heavy (non-hydrogen) atoms. The summed E-state index contributed by atoms with van der Waals surface area (Å²) in [6.07, 6.45) is 1.05. The maximum atomic E-state index is 14.3. The molecule has 0 aromatic heterocycles. The molecule has 14 nitrogen and oxygen atoms in total. The van der Waals surface area contributed by atoms with Gasteiger partial charge in [-0.15, -0.1) is 0 Å². The van der Waals surface area contributed by atoms with Crippen LogP contribution in [0.2, 0.25) is 0 Å². The second-order valence-corrected chi connectivity index (χ2v) is 17.5. The van der Waals surface area contributed by atoms with Crippen molar-refractivity contribution in [1.29, 1.82) is 0 Å². The minimum Gasteiger partial charge on any atom is -0.469 e. The molecule has 1 spiro atoms. The first-order valence-electron chi connectivity index (χ1n) is 18.5. The van der Waals surface area contributed by atoms with E-state index in [0.717, 1.165) is 0 Å². The van der Waals surface area contributed by atoms with Gasteiger partial charge in [0.1, 0.15) is 17.8 Å². The van der Waals surface area contributed by atoms with Crippen LogP contribution >= 0.6 is 0 Å². The molecule has 4 saturated carbocycles. The van der Waals surface area contributed by atoms with Crippen LogP contribution in [0.5, 0.6) is 0 Å². The number of hydrogen-bond donors (Lipinski definition) is 2. The largest absolute Gasteiger partial charge is 0.469 e. The molecule has 5 aliphatic heterocycles. The van der Waals surface area contributed by atoms with Crippen molar-refractivity contribution in [2.75, 3.05) is 27.4 Å². The minimum atomic E-state index is -2.08. The van der Waals surface area contributed by atoms with Crippen LogP contribution in [-0.4, -0.2) is 115 Å². The third kappa shape index (κ3) is 3.60. The molecule has 0 aromatic carbocycles. The first kappa shape index (κ1) is 35.1. The lowest BCUT2D eigenvalue weighted by Gasteiger charge is -2.66. The van der Waals surface area contributed by atoms with Gasteiger partial charge in [-0.1, -0.05) is 19.9 Å². The number of esters is 3. The van der Waals surface area contributed by atoms with Crippen molar-refractivity contribution in [3.63, 3.8) is 0 Å². The fraction of sp³-hybridized carbons (Fsp3) is 0.816. The lowest BCUT2D eigenvalue weighted by atomic mass is 9.37. The highest BCUT2D eigenvalue weighted by Gasteiger charge is 2.93. The average Bonchev–Trinajstić information content (AvgIpc) is 3.91. The summed E-state index contributed by atoms with van der Waals surface area (Å²) >= 11 is 0. The highest BCUT2D eigenvalue weighted by atomic mass is 16.7. The quantitative estimate of drug-likeness (QED) is 0.239. The monoisotopic (exact) mass is 730 g/mol. The Morgan fingerprint density at radius 3 is 2.42 bits per heavy atom. The van der Waals surface area contributed by atoms with Gasteiger partial charge in [0.25, 0.3) is 5.79 Å². The van der Waals surface area contributed by atoms with Crippen molar-refractivity contribution in [3.8, 4) is 0 Å². The lowest BCUT2D eigenvalue weighted by Crippen LogP contribution is -2.78. The van der Waals surface area contributed by atoms with Crippen molar-refractivity contribution in [2.45, 2.75) is 120 Å². The van der Waals surface area contributed by atoms with Crippen LogP contribution in [0.15, 0.2) is 24.0 Å². The number of carbonyl (C=O) groups excluding carboxylic acids is 3. The molecule has 0 aromatic rings. The minimum absolute atomic E-state index is 0.0851. The Hall–Kier alpha value is -2.59. The van der Waals surface area contributed by atoms with E-state index in [1.807, 2.05) is 20.8 Å². The molecule has 8 fully saturated rings. The predicted octanol–water partition coefficient (Wildman–Crippen LogP) is 1.93. The summed E-state index contributed by atoms with van der Waals surface area (Å²) in [5.74, 6) is -6.66. The normalized spacial score (nSPS) is 57.2. The number of allylic oxidation sites excluding steroid dienone is 1. The molecular weight excluding hydrogens is 680 g/mol. The molecule has 3 unspecified atom stereocenters. The fourth-order valence-corrected chi connectivity index (χ4v) is 14.0. The molecule has 0 radical (unpaired) electrons. The Kier molecular flexibility index (Phi) is 7.15. The Labute approximate surface area is 302 Å². The van der Waals surface area contributed by atoms with E-state index in [2.05, 4.69) is 0 Å². The number of methoxy groups -OCH3 is 2. The van der Waals surface area contributed by atoms with Gasteiger partial charge in [0.05, 0.1) is 50.5 Å². The van der Waals surface area contributed by atoms with Gasteiger partial charge in [-0.3, -0.25) is 4.79 Å². The van der Waals surface area contributed by atoms with E-state index in [4.69, 9.17) is 42.6 Å². The van der Waals surface area contributed by atoms with Crippen LogP contribution in [0.3, 0.4) is 0 Å². The summed E-state index contributed by atoms with van der Waals surface area (Å²) in [5.41, 5.74) is -7.45. The highest BCUT2D eigenvalue weighted by Crippen LogP contribution is 2.82. The molecule has 4 saturated heterocycles. The smallest absolute Gasteiger partial charge is 0.366 e. The molecule has 18 atom stereocenters. The van der Waals surface area contributed by atoms with Crippen LogP contribution in [-0.2, 0) is 57.0 Å². The predicted molar refractivity (Wildman–Crippen MR) is 174 cm³/mol. The molecule has 4 aliphatic carbocycles. The Bertz CT molecular complexity index is 1680. The zero-order chi connectivity index (χ0) is 37.2. The Balaban J connectivity index is 1.29. The van der Waals surface area contributed by atoms with Crippen molar-refractivity contribution in [2.24, 2.45) is 45.8 Å². The number of rotatable bonds is 5. The number of hydrogen-bond acceptors (Lipinski definition) is 14. The molecule has 5 heterocycles. The summed E-state index contributed by atoms with van der Waals surface area (Å²) in [6, 6.07) is 0. The number of aliphatic hydroxyl groups is 2. The molecule has 9 rings (SSSR count). The number of fused-ring (bicyclic) bond motifs is 13. The molecule has 2 N–H and O–H groups in total. The van der Waals surface area contributed by atoms with Crippen LogP contribution < -0.4 is 0 Å². The highest BCUT2D eigenvalue weighted by molar-refractivity contribution is 5.88. The van der Waals surface area contributed by atoms with E-state index >= 15 is 0 Å². The van der Waals surface area contributed by atoms with E-state index in [1.54, 1.807) is 26.0 Å². The van der Waals surface area contributed by atoms with Gasteiger partial charge in [-0.05, 0) is 45.6 Å². The van der Waals surface area contributed by atoms with Crippen molar-refractivity contribution in [3.05, 3.63) is 24.0 Å². The van der Waals surface area contributed by atoms with Crippen LogP contribution in [0, 0.1) is 45.8 Å². The summed E-state index contributed by atoms with van der Waals surface area (Å²) in [5, 5.41) is 25.9. The summed E-state index contributed by atoms with van der Waals surface area (Å²) in [4.78, 5) is 40.8. The molecule has 9 aliphatic rings. The third-order valence-corrected chi connectivity index (χ3v) is 15.8. The van der Waals surface area contributed by atoms with Gasteiger partial charge < -0.3 is 52.8 Å². The first-order valence-corrected chi connectivity index (χ1v) is 18.5. The van der Waals surface area contributed by atoms with E-state index in [-0.39, 0.29) is 31.5 Å². The fourth-order valence-electron chi connectivity index (χ4n) is 14.0. The molecule has 2 bridgehead atoms.